The maximum Gasteiger partial charge on any atom is 0.254 e. The van der Waals surface area contributed by atoms with Crippen LogP contribution in [0.3, 0.4) is 0 Å². The quantitative estimate of drug-likeness (QED) is 0.479. The van der Waals surface area contributed by atoms with Crippen LogP contribution < -0.4 is 5.73 Å². The fourth-order valence-corrected chi connectivity index (χ4v) is 3.57. The Kier molecular flexibility index (Phi) is 5.42. The number of hydrogen-bond acceptors (Lipinski definition) is 6. The Labute approximate surface area is 188 Å². The third-order valence-electron chi connectivity index (χ3n) is 5.27. The number of morpholine rings is 1. The van der Waals surface area contributed by atoms with E-state index in [0.29, 0.717) is 60.3 Å². The maximum absolute atomic E-state index is 15.0. The van der Waals surface area contributed by atoms with Crippen molar-refractivity contribution in [3.8, 4) is 23.1 Å². The van der Waals surface area contributed by atoms with Crippen LogP contribution in [-0.4, -0.2) is 56.7 Å². The number of ether oxygens (including phenoxy) is 1. The molecule has 4 aromatic rings. The fourth-order valence-electron chi connectivity index (χ4n) is 3.57. The van der Waals surface area contributed by atoms with E-state index in [-0.39, 0.29) is 11.5 Å². The van der Waals surface area contributed by atoms with E-state index in [4.69, 9.17) is 10.5 Å². The van der Waals surface area contributed by atoms with Gasteiger partial charge in [0.05, 0.1) is 25.1 Å². The lowest BCUT2D eigenvalue weighted by molar-refractivity contribution is 0.0302. The van der Waals surface area contributed by atoms with Crippen LogP contribution in [0.4, 0.5) is 10.2 Å². The van der Waals surface area contributed by atoms with Gasteiger partial charge >= 0.3 is 0 Å². The topological polar surface area (TPSA) is 98.6 Å². The number of fused-ring (bicyclic) bond motifs is 1. The highest BCUT2D eigenvalue weighted by atomic mass is 19.1. The predicted octanol–water partition coefficient (Wildman–Crippen LogP) is 2.38. The largest absolute Gasteiger partial charge is 0.384 e. The van der Waals surface area contributed by atoms with Gasteiger partial charge in [0.1, 0.15) is 17.3 Å². The molecule has 0 atom stereocenters. The zero-order valence-electron chi connectivity index (χ0n) is 17.5. The van der Waals surface area contributed by atoms with E-state index in [0.717, 1.165) is 0 Å². The van der Waals surface area contributed by atoms with Crippen LogP contribution >= 0.6 is 0 Å². The van der Waals surface area contributed by atoms with Gasteiger partial charge < -0.3 is 15.4 Å². The van der Waals surface area contributed by atoms with Gasteiger partial charge in [0.15, 0.2) is 5.65 Å². The second-order valence-corrected chi connectivity index (χ2v) is 7.45. The number of nitrogens with two attached hydrogens (primary N) is 1. The molecule has 1 saturated heterocycles. The molecule has 4 heterocycles. The molecule has 164 valence electrons. The van der Waals surface area contributed by atoms with Crippen LogP contribution in [0.5, 0.6) is 0 Å². The van der Waals surface area contributed by atoms with Gasteiger partial charge in [-0.2, -0.15) is 5.10 Å². The van der Waals surface area contributed by atoms with Crippen molar-refractivity contribution < 1.29 is 13.9 Å². The Balaban J connectivity index is 1.45. The fraction of sp³-hybridized carbons (Fsp3) is 0.167. The van der Waals surface area contributed by atoms with Crippen LogP contribution in [0.15, 0.2) is 54.9 Å². The van der Waals surface area contributed by atoms with Crippen LogP contribution in [0.1, 0.15) is 21.6 Å². The number of benzene rings is 1. The molecule has 1 aromatic carbocycles. The first kappa shape index (κ1) is 20.6. The zero-order chi connectivity index (χ0) is 22.8. The SMILES string of the molecule is Nc1cc(C#Cc2cnc3ccc(-c4ccc(C(=O)N5CCOCC5)cc4F)nn23)ccn1. The van der Waals surface area contributed by atoms with Gasteiger partial charge in [0.2, 0.25) is 0 Å². The van der Waals surface area contributed by atoms with Crippen molar-refractivity contribution >= 4 is 17.4 Å². The molecule has 5 rings (SSSR count). The first-order valence-corrected chi connectivity index (χ1v) is 10.3. The molecule has 2 N–H and O–H groups in total. The van der Waals surface area contributed by atoms with E-state index in [1.807, 2.05) is 0 Å². The lowest BCUT2D eigenvalue weighted by Crippen LogP contribution is -2.40. The van der Waals surface area contributed by atoms with E-state index in [2.05, 4.69) is 26.9 Å². The molecule has 1 fully saturated rings. The van der Waals surface area contributed by atoms with Crippen LogP contribution in [0.2, 0.25) is 0 Å². The summed E-state index contributed by atoms with van der Waals surface area (Å²) in [6.07, 6.45) is 3.19. The van der Waals surface area contributed by atoms with E-state index < -0.39 is 5.82 Å². The number of amides is 1. The first-order valence-electron chi connectivity index (χ1n) is 10.3. The molecule has 0 unspecified atom stereocenters. The van der Waals surface area contributed by atoms with E-state index >= 15 is 0 Å². The molecule has 8 nitrogen and oxygen atoms in total. The van der Waals surface area contributed by atoms with Crippen molar-refractivity contribution in [3.05, 3.63) is 77.5 Å². The summed E-state index contributed by atoms with van der Waals surface area (Å²) < 4.78 is 21.8. The highest BCUT2D eigenvalue weighted by Gasteiger charge is 2.20. The Bertz CT molecular complexity index is 1420. The molecule has 0 bridgehead atoms. The summed E-state index contributed by atoms with van der Waals surface area (Å²) in [7, 11) is 0. The summed E-state index contributed by atoms with van der Waals surface area (Å²) in [4.78, 5) is 22.6. The van der Waals surface area contributed by atoms with Crippen molar-refractivity contribution in [2.75, 3.05) is 32.0 Å². The van der Waals surface area contributed by atoms with Crippen molar-refractivity contribution in [2.45, 2.75) is 0 Å². The zero-order valence-corrected chi connectivity index (χ0v) is 17.5. The lowest BCUT2D eigenvalue weighted by atomic mass is 10.1. The van der Waals surface area contributed by atoms with Crippen molar-refractivity contribution in [1.82, 2.24) is 24.5 Å². The number of carbonyl (C=O) groups excluding carboxylic acids is 1. The number of pyridine rings is 1. The van der Waals surface area contributed by atoms with Crippen molar-refractivity contribution in [2.24, 2.45) is 0 Å². The molecule has 33 heavy (non-hydrogen) atoms. The average molecular weight is 442 g/mol. The molecule has 9 heteroatoms. The van der Waals surface area contributed by atoms with Gasteiger partial charge in [-0.15, -0.1) is 0 Å². The second-order valence-electron chi connectivity index (χ2n) is 7.45. The number of nitrogens with zero attached hydrogens (tertiary/aromatic N) is 5. The number of hydrogen-bond donors (Lipinski definition) is 1. The molecule has 1 aliphatic heterocycles. The van der Waals surface area contributed by atoms with Crippen LogP contribution in [-0.2, 0) is 4.74 Å². The second kappa shape index (κ2) is 8.68. The number of rotatable bonds is 2. The van der Waals surface area contributed by atoms with E-state index in [1.54, 1.807) is 58.2 Å². The number of imidazole rings is 1. The third kappa shape index (κ3) is 4.24. The van der Waals surface area contributed by atoms with Crippen LogP contribution in [0.25, 0.3) is 16.9 Å². The van der Waals surface area contributed by atoms with Gasteiger partial charge in [0, 0.05) is 36.0 Å². The number of nitrogen functional groups attached to an aromatic ring is 1. The highest BCUT2D eigenvalue weighted by Crippen LogP contribution is 2.23. The monoisotopic (exact) mass is 442 g/mol. The Morgan fingerprint density at radius 3 is 2.70 bits per heavy atom. The maximum atomic E-state index is 15.0. The van der Waals surface area contributed by atoms with E-state index in [1.165, 1.54) is 6.07 Å². The molecular formula is C24H19FN6O2. The molecule has 0 spiro atoms. The summed E-state index contributed by atoms with van der Waals surface area (Å²) in [5.74, 6) is 5.66. The number of carbonyl (C=O) groups is 1. The summed E-state index contributed by atoms with van der Waals surface area (Å²) in [5, 5.41) is 4.52. The standard InChI is InChI=1S/C24H19FN6O2/c25-20-14-17(24(32)30-9-11-33-12-10-30)2-4-19(20)21-5-6-23-28-15-18(31(23)29-21)3-1-16-7-8-27-22(26)13-16/h2,4-8,13-15H,9-12H2,(H2,26,27). The van der Waals surface area contributed by atoms with Gasteiger partial charge in [-0.05, 0) is 48.4 Å². The molecular weight excluding hydrogens is 423 g/mol. The van der Waals surface area contributed by atoms with Crippen LogP contribution in [0, 0.1) is 17.7 Å². The number of halogens is 1. The van der Waals surface area contributed by atoms with Crippen molar-refractivity contribution in [3.63, 3.8) is 0 Å². The molecule has 0 saturated carbocycles. The minimum absolute atomic E-state index is 0.212. The molecule has 1 aliphatic rings. The van der Waals surface area contributed by atoms with Gasteiger partial charge in [-0.25, -0.2) is 18.9 Å². The van der Waals surface area contributed by atoms with Crippen molar-refractivity contribution in [1.29, 1.82) is 0 Å². The third-order valence-corrected chi connectivity index (χ3v) is 5.27. The van der Waals surface area contributed by atoms with Gasteiger partial charge in [-0.1, -0.05) is 5.92 Å². The summed E-state index contributed by atoms with van der Waals surface area (Å²) in [5.41, 5.74) is 8.51. The Morgan fingerprint density at radius 2 is 1.91 bits per heavy atom. The number of aromatic nitrogens is 4. The highest BCUT2D eigenvalue weighted by molar-refractivity contribution is 5.94. The molecule has 3 aromatic heterocycles. The average Bonchev–Trinajstić information content (AvgIpc) is 3.25. The minimum Gasteiger partial charge on any atom is -0.384 e. The Hall–Kier alpha value is -4.29. The smallest absolute Gasteiger partial charge is 0.254 e. The molecule has 1 amide bonds. The summed E-state index contributed by atoms with van der Waals surface area (Å²) >= 11 is 0. The normalized spacial score (nSPS) is 13.5. The molecule has 0 radical (unpaired) electrons. The van der Waals surface area contributed by atoms with Gasteiger partial charge in [-0.3, -0.25) is 4.79 Å². The summed E-state index contributed by atoms with van der Waals surface area (Å²) in [6.45, 7) is 1.97. The molecule has 0 aliphatic carbocycles. The summed E-state index contributed by atoms with van der Waals surface area (Å²) in [6, 6.07) is 11.3. The number of anilines is 1. The lowest BCUT2D eigenvalue weighted by Gasteiger charge is -2.26. The first-order chi connectivity index (χ1) is 16.1. The van der Waals surface area contributed by atoms with Gasteiger partial charge in [0.25, 0.3) is 5.91 Å². The predicted molar refractivity (Wildman–Crippen MR) is 120 cm³/mol. The Morgan fingerprint density at radius 1 is 1.06 bits per heavy atom. The minimum atomic E-state index is -0.527. The van der Waals surface area contributed by atoms with E-state index in [9.17, 15) is 9.18 Å².